The number of amides is 1. The van der Waals surface area contributed by atoms with Gasteiger partial charge in [-0.05, 0) is 62.2 Å². The maximum Gasteiger partial charge on any atom is 0.341 e. The molecule has 0 saturated carbocycles. The maximum atomic E-state index is 13.5. The van der Waals surface area contributed by atoms with Crippen molar-refractivity contribution >= 4 is 28.6 Å². The number of pyridine rings is 2. The van der Waals surface area contributed by atoms with Gasteiger partial charge in [-0.2, -0.15) is 4.99 Å². The molecule has 4 aromatic rings. The molecule has 1 amide bonds. The Kier molecular flexibility index (Phi) is 7.81. The summed E-state index contributed by atoms with van der Waals surface area (Å²) in [6.07, 6.45) is 4.27. The molecule has 3 heterocycles. The van der Waals surface area contributed by atoms with Crippen molar-refractivity contribution in [2.45, 2.75) is 46.6 Å². The second-order valence-electron chi connectivity index (χ2n) is 8.65. The zero-order valence-electron chi connectivity index (χ0n) is 21.5. The summed E-state index contributed by atoms with van der Waals surface area (Å²) in [7, 11) is 1.54. The number of rotatable bonds is 8. The number of methoxy groups -OCH3 is 1. The highest BCUT2D eigenvalue weighted by Crippen LogP contribution is 2.16. The molecule has 0 bridgehead atoms. The van der Waals surface area contributed by atoms with Crippen LogP contribution in [0.2, 0.25) is 0 Å². The van der Waals surface area contributed by atoms with E-state index in [-0.39, 0.29) is 28.6 Å². The van der Waals surface area contributed by atoms with Crippen LogP contribution in [0.25, 0.3) is 16.7 Å². The van der Waals surface area contributed by atoms with E-state index in [1.165, 1.54) is 10.5 Å². The fourth-order valence-electron chi connectivity index (χ4n) is 4.19. The third-order valence-corrected chi connectivity index (χ3v) is 6.13. The smallest absolute Gasteiger partial charge is 0.341 e. The number of aromatic nitrogens is 3. The lowest BCUT2D eigenvalue weighted by molar-refractivity contribution is 0.0523. The predicted octanol–water partition coefficient (Wildman–Crippen LogP) is 4.07. The second kappa shape index (κ2) is 11.2. The van der Waals surface area contributed by atoms with Gasteiger partial charge >= 0.3 is 5.97 Å². The third-order valence-electron chi connectivity index (χ3n) is 6.13. The number of carbonyl (C=O) groups excluding carboxylic acids is 2. The molecule has 192 valence electrons. The number of aryl methyl sites for hydroxylation is 2. The summed E-state index contributed by atoms with van der Waals surface area (Å²) < 4.78 is 13.6. The molecule has 0 unspecified atom stereocenters. The van der Waals surface area contributed by atoms with E-state index in [1.807, 2.05) is 13.0 Å². The summed E-state index contributed by atoms with van der Waals surface area (Å²) in [6, 6.07) is 11.6. The van der Waals surface area contributed by atoms with Crippen LogP contribution >= 0.6 is 0 Å². The fraction of sp³-hybridized carbons (Fsp3) is 0.321. The van der Waals surface area contributed by atoms with Gasteiger partial charge in [0.15, 0.2) is 5.49 Å². The minimum atomic E-state index is -0.663. The minimum Gasteiger partial charge on any atom is -0.497 e. The molecule has 4 rings (SSSR count). The number of fused-ring (bicyclic) bond motifs is 2. The molecule has 0 radical (unpaired) electrons. The Labute approximate surface area is 214 Å². The van der Waals surface area contributed by atoms with Gasteiger partial charge < -0.3 is 14.0 Å². The number of unbranched alkanes of at least 4 members (excludes halogenated alkanes) is 2. The predicted molar refractivity (Wildman–Crippen MR) is 140 cm³/mol. The zero-order chi connectivity index (χ0) is 26.5. The van der Waals surface area contributed by atoms with E-state index in [0.29, 0.717) is 29.2 Å². The highest BCUT2D eigenvalue weighted by molar-refractivity contribution is 5.97. The van der Waals surface area contributed by atoms with Crippen LogP contribution in [0, 0.1) is 6.92 Å². The lowest BCUT2D eigenvalue weighted by Crippen LogP contribution is -2.33. The summed E-state index contributed by atoms with van der Waals surface area (Å²) in [6.45, 7) is 6.20. The Bertz CT molecular complexity index is 1600. The average Bonchev–Trinajstić information content (AvgIpc) is 2.90. The molecule has 9 heteroatoms. The zero-order valence-corrected chi connectivity index (χ0v) is 21.5. The lowest BCUT2D eigenvalue weighted by Gasteiger charge is -2.15. The number of hydrogen-bond donors (Lipinski definition) is 0. The number of carbonyl (C=O) groups is 2. The summed E-state index contributed by atoms with van der Waals surface area (Å²) in [4.78, 5) is 49.0. The van der Waals surface area contributed by atoms with Gasteiger partial charge in [-0.3, -0.25) is 14.0 Å². The molecule has 0 fully saturated rings. The SMILES string of the molecule is CCCCCn1c(=NC(=O)c2ccc(OC)cc2)c(C(=O)OCC)cc2c(=O)n3cccc(C)c3nc21. The molecule has 37 heavy (non-hydrogen) atoms. The molecular weight excluding hydrogens is 472 g/mol. The quantitative estimate of drug-likeness (QED) is 0.204. The summed E-state index contributed by atoms with van der Waals surface area (Å²) in [5.74, 6) is -0.592. The first kappa shape index (κ1) is 25.8. The van der Waals surface area contributed by atoms with E-state index >= 15 is 0 Å². The van der Waals surface area contributed by atoms with Crippen LogP contribution in [0.4, 0.5) is 0 Å². The largest absolute Gasteiger partial charge is 0.497 e. The van der Waals surface area contributed by atoms with Crippen molar-refractivity contribution in [1.82, 2.24) is 14.0 Å². The van der Waals surface area contributed by atoms with Crippen molar-refractivity contribution < 1.29 is 19.1 Å². The van der Waals surface area contributed by atoms with Gasteiger partial charge in [-0.15, -0.1) is 0 Å². The molecule has 3 aromatic heterocycles. The van der Waals surface area contributed by atoms with Gasteiger partial charge in [-0.25, -0.2) is 9.78 Å². The summed E-state index contributed by atoms with van der Waals surface area (Å²) in [5.41, 5.74) is 1.87. The number of benzene rings is 1. The standard InChI is InChI=1S/C28H30N4O5/c1-5-7-8-15-31-24-21(27(34)32-16-9-10-18(3)23(32)29-24)17-22(28(35)37-6-2)25(31)30-26(33)19-11-13-20(36-4)14-12-19/h9-14,16-17H,5-8,15H2,1-4H3. The molecule has 0 N–H and O–H groups in total. The van der Waals surface area contributed by atoms with Crippen molar-refractivity contribution in [3.05, 3.63) is 81.2 Å². The van der Waals surface area contributed by atoms with Crippen molar-refractivity contribution in [3.63, 3.8) is 0 Å². The topological polar surface area (TPSA) is 104 Å². The Hall–Kier alpha value is -4.27. The van der Waals surface area contributed by atoms with Crippen molar-refractivity contribution in [2.24, 2.45) is 4.99 Å². The first-order chi connectivity index (χ1) is 17.9. The molecule has 0 atom stereocenters. The van der Waals surface area contributed by atoms with Crippen LogP contribution in [0.5, 0.6) is 5.75 Å². The molecule has 0 aliphatic heterocycles. The van der Waals surface area contributed by atoms with Crippen molar-refractivity contribution in [1.29, 1.82) is 0 Å². The van der Waals surface area contributed by atoms with Crippen LogP contribution in [-0.4, -0.2) is 39.5 Å². The molecular formula is C28H30N4O5. The third kappa shape index (κ3) is 5.16. The first-order valence-corrected chi connectivity index (χ1v) is 12.3. The van der Waals surface area contributed by atoms with Crippen LogP contribution < -0.4 is 15.8 Å². The van der Waals surface area contributed by atoms with Crippen LogP contribution in [-0.2, 0) is 11.3 Å². The normalized spacial score (nSPS) is 11.7. The second-order valence-corrected chi connectivity index (χ2v) is 8.65. The molecule has 1 aromatic carbocycles. The molecule has 9 nitrogen and oxygen atoms in total. The summed E-state index contributed by atoms with van der Waals surface area (Å²) >= 11 is 0. The van der Waals surface area contributed by atoms with E-state index in [9.17, 15) is 14.4 Å². The van der Waals surface area contributed by atoms with Gasteiger partial charge in [0.25, 0.3) is 11.5 Å². The van der Waals surface area contributed by atoms with E-state index < -0.39 is 11.9 Å². The van der Waals surface area contributed by atoms with Gasteiger partial charge in [-0.1, -0.05) is 25.8 Å². The highest BCUT2D eigenvalue weighted by Gasteiger charge is 2.20. The average molecular weight is 503 g/mol. The Morgan fingerprint density at radius 1 is 1.05 bits per heavy atom. The van der Waals surface area contributed by atoms with Gasteiger partial charge in [0, 0.05) is 18.3 Å². The number of ether oxygens (including phenoxy) is 2. The number of hydrogen-bond acceptors (Lipinski definition) is 6. The minimum absolute atomic E-state index is 0.0409. The van der Waals surface area contributed by atoms with Crippen LogP contribution in [0.15, 0.2) is 58.4 Å². The van der Waals surface area contributed by atoms with Gasteiger partial charge in [0.05, 0.1) is 19.1 Å². The van der Waals surface area contributed by atoms with Crippen molar-refractivity contribution in [2.75, 3.05) is 13.7 Å². The Balaban J connectivity index is 2.08. The van der Waals surface area contributed by atoms with E-state index in [1.54, 1.807) is 55.1 Å². The maximum absolute atomic E-state index is 13.5. The van der Waals surface area contributed by atoms with Gasteiger partial charge in [0.1, 0.15) is 22.6 Å². The monoisotopic (exact) mass is 502 g/mol. The molecule has 0 saturated heterocycles. The Morgan fingerprint density at radius 2 is 1.81 bits per heavy atom. The van der Waals surface area contributed by atoms with E-state index in [2.05, 4.69) is 11.9 Å². The molecule has 0 aliphatic rings. The lowest BCUT2D eigenvalue weighted by atomic mass is 10.1. The first-order valence-electron chi connectivity index (χ1n) is 12.3. The van der Waals surface area contributed by atoms with E-state index in [4.69, 9.17) is 14.5 Å². The van der Waals surface area contributed by atoms with Crippen LogP contribution in [0.1, 0.15) is 59.4 Å². The summed E-state index contributed by atoms with van der Waals surface area (Å²) in [5, 5.41) is 0.249. The van der Waals surface area contributed by atoms with Crippen LogP contribution in [0.3, 0.4) is 0 Å². The fourth-order valence-corrected chi connectivity index (χ4v) is 4.19. The Morgan fingerprint density at radius 3 is 2.49 bits per heavy atom. The number of esters is 1. The van der Waals surface area contributed by atoms with E-state index in [0.717, 1.165) is 24.8 Å². The highest BCUT2D eigenvalue weighted by atomic mass is 16.5. The van der Waals surface area contributed by atoms with Gasteiger partial charge in [0.2, 0.25) is 0 Å². The molecule has 0 aliphatic carbocycles. The van der Waals surface area contributed by atoms with Crippen molar-refractivity contribution in [3.8, 4) is 5.75 Å². The number of nitrogens with zero attached hydrogens (tertiary/aromatic N) is 4. The molecule has 0 spiro atoms.